The van der Waals surface area contributed by atoms with Gasteiger partial charge in [0.2, 0.25) is 0 Å². The molecular formula is C27H29ClN4O3S. The molecule has 0 fully saturated rings. The number of nitrogens with one attached hydrogen (secondary N) is 2. The lowest BCUT2D eigenvalue weighted by atomic mass is 9.82. The van der Waals surface area contributed by atoms with Gasteiger partial charge in [-0.2, -0.15) is 0 Å². The molecular weight excluding hydrogens is 496 g/mol. The Morgan fingerprint density at radius 3 is 2.50 bits per heavy atom. The first kappa shape index (κ1) is 25.9. The molecule has 1 atom stereocenters. The molecule has 2 aromatic carbocycles. The Bertz CT molecular complexity index is 1370. The minimum atomic E-state index is -0.623. The first-order valence-electron chi connectivity index (χ1n) is 11.6. The topological polar surface area (TPSA) is 87.3 Å². The van der Waals surface area contributed by atoms with Crippen LogP contribution in [-0.2, 0) is 15.3 Å². The number of hydrogen-bond donors (Lipinski definition) is 2. The van der Waals surface area contributed by atoms with E-state index < -0.39 is 11.9 Å². The fourth-order valence-electron chi connectivity index (χ4n) is 4.11. The Morgan fingerprint density at radius 1 is 1.17 bits per heavy atom. The van der Waals surface area contributed by atoms with Crippen LogP contribution in [0.3, 0.4) is 0 Å². The van der Waals surface area contributed by atoms with Gasteiger partial charge in [-0.05, 0) is 50.1 Å². The molecule has 1 aliphatic rings. The van der Waals surface area contributed by atoms with E-state index in [4.69, 9.17) is 21.3 Å². The molecule has 2 N–H and O–H groups in total. The maximum absolute atomic E-state index is 13.5. The zero-order chi connectivity index (χ0) is 26.0. The zero-order valence-corrected chi connectivity index (χ0v) is 22.5. The molecule has 36 heavy (non-hydrogen) atoms. The largest absolute Gasteiger partial charge is 0.460 e. The molecule has 0 amide bonds. The summed E-state index contributed by atoms with van der Waals surface area (Å²) < 4.78 is 5.56. The second-order valence-electron chi connectivity index (χ2n) is 9.05. The average Bonchev–Trinajstić information content (AvgIpc) is 2.82. The van der Waals surface area contributed by atoms with E-state index in [9.17, 15) is 9.59 Å². The zero-order valence-electron chi connectivity index (χ0n) is 20.9. The molecule has 2 heterocycles. The normalized spacial score (nSPS) is 14.9. The van der Waals surface area contributed by atoms with Crippen LogP contribution < -0.4 is 15.8 Å². The van der Waals surface area contributed by atoms with Crippen molar-refractivity contribution in [3.05, 3.63) is 91.9 Å². The highest BCUT2D eigenvalue weighted by atomic mass is 35.5. The lowest BCUT2D eigenvalue weighted by molar-refractivity contribution is -0.143. The molecule has 0 aliphatic carbocycles. The number of rotatable bonds is 7. The SMILES string of the molecule is CC1=C(C(=O)OC(C)C)C(c2ccc(N(C)C)cc2)c2c(nc(SCc3ccccc3Cl)[nH]c2=O)N1. The van der Waals surface area contributed by atoms with E-state index in [0.717, 1.165) is 16.8 Å². The molecule has 0 radical (unpaired) electrons. The molecule has 0 saturated heterocycles. The third-order valence-electron chi connectivity index (χ3n) is 5.85. The number of thioether (sulfide) groups is 1. The number of carbonyl (C=O) groups excluding carboxylic acids is 1. The highest BCUT2D eigenvalue weighted by Crippen LogP contribution is 2.40. The summed E-state index contributed by atoms with van der Waals surface area (Å²) in [5.74, 6) is -0.0976. The quantitative estimate of drug-likeness (QED) is 0.237. The molecule has 0 spiro atoms. The minimum Gasteiger partial charge on any atom is -0.460 e. The number of anilines is 2. The van der Waals surface area contributed by atoms with Gasteiger partial charge in [0.15, 0.2) is 5.16 Å². The Labute approximate surface area is 219 Å². The van der Waals surface area contributed by atoms with Gasteiger partial charge in [-0.1, -0.05) is 53.7 Å². The Kier molecular flexibility index (Phi) is 7.76. The molecule has 188 valence electrons. The maximum atomic E-state index is 13.5. The first-order valence-corrected chi connectivity index (χ1v) is 13.0. The van der Waals surface area contributed by atoms with Crippen LogP contribution in [-0.4, -0.2) is 36.1 Å². The number of allylic oxidation sites excluding steroid dienone is 1. The summed E-state index contributed by atoms with van der Waals surface area (Å²) in [5.41, 5.74) is 3.85. The van der Waals surface area contributed by atoms with Crippen molar-refractivity contribution in [2.75, 3.05) is 24.3 Å². The molecule has 9 heteroatoms. The summed E-state index contributed by atoms with van der Waals surface area (Å²) in [6, 6.07) is 15.4. The fourth-order valence-corrected chi connectivity index (χ4v) is 5.25. The number of hydrogen-bond acceptors (Lipinski definition) is 7. The Balaban J connectivity index is 1.76. The number of H-pyrrole nitrogens is 1. The summed E-state index contributed by atoms with van der Waals surface area (Å²) in [6.45, 7) is 5.41. The summed E-state index contributed by atoms with van der Waals surface area (Å²) in [5, 5.41) is 4.31. The lowest BCUT2D eigenvalue weighted by Crippen LogP contribution is -2.31. The third-order valence-corrected chi connectivity index (χ3v) is 7.14. The molecule has 0 saturated carbocycles. The molecule has 4 rings (SSSR count). The van der Waals surface area contributed by atoms with Gasteiger partial charge < -0.3 is 19.9 Å². The minimum absolute atomic E-state index is 0.295. The van der Waals surface area contributed by atoms with Gasteiger partial charge in [0, 0.05) is 36.3 Å². The first-order chi connectivity index (χ1) is 17.2. The van der Waals surface area contributed by atoms with Crippen LogP contribution in [0, 0.1) is 0 Å². The van der Waals surface area contributed by atoms with Crippen molar-refractivity contribution < 1.29 is 9.53 Å². The number of halogens is 1. The highest BCUT2D eigenvalue weighted by Gasteiger charge is 2.36. The van der Waals surface area contributed by atoms with Crippen molar-refractivity contribution in [1.82, 2.24) is 9.97 Å². The van der Waals surface area contributed by atoms with E-state index in [2.05, 4.69) is 10.3 Å². The van der Waals surface area contributed by atoms with Crippen molar-refractivity contribution in [3.8, 4) is 0 Å². The van der Waals surface area contributed by atoms with Crippen molar-refractivity contribution in [2.24, 2.45) is 0 Å². The van der Waals surface area contributed by atoms with E-state index in [-0.39, 0.29) is 11.7 Å². The predicted octanol–water partition coefficient (Wildman–Crippen LogP) is 5.56. The van der Waals surface area contributed by atoms with Gasteiger partial charge in [-0.3, -0.25) is 4.79 Å². The van der Waals surface area contributed by atoms with Gasteiger partial charge in [0.25, 0.3) is 5.56 Å². The van der Waals surface area contributed by atoms with Crippen LogP contribution in [0.15, 0.2) is 69.8 Å². The second-order valence-corrected chi connectivity index (χ2v) is 10.4. The molecule has 1 aliphatic heterocycles. The van der Waals surface area contributed by atoms with Crippen LogP contribution in [0.1, 0.15) is 43.4 Å². The summed E-state index contributed by atoms with van der Waals surface area (Å²) in [6.07, 6.45) is -0.295. The van der Waals surface area contributed by atoms with Crippen molar-refractivity contribution in [1.29, 1.82) is 0 Å². The average molecular weight is 525 g/mol. The van der Waals surface area contributed by atoms with Crippen LogP contribution in [0.5, 0.6) is 0 Å². The van der Waals surface area contributed by atoms with Crippen LogP contribution in [0.4, 0.5) is 11.5 Å². The van der Waals surface area contributed by atoms with E-state index in [0.29, 0.717) is 38.6 Å². The van der Waals surface area contributed by atoms with Crippen molar-refractivity contribution in [2.45, 2.75) is 43.7 Å². The fraction of sp³-hybridized carbons (Fsp3) is 0.296. The second kappa shape index (κ2) is 10.8. The smallest absolute Gasteiger partial charge is 0.337 e. The molecule has 0 bridgehead atoms. The van der Waals surface area contributed by atoms with Gasteiger partial charge in [0.05, 0.1) is 23.2 Å². The number of benzene rings is 2. The van der Waals surface area contributed by atoms with Gasteiger partial charge in [-0.25, -0.2) is 9.78 Å². The number of nitrogens with zero attached hydrogens (tertiary/aromatic N) is 2. The van der Waals surface area contributed by atoms with Crippen LogP contribution in [0.25, 0.3) is 0 Å². The number of aromatic amines is 1. The molecule has 1 aromatic heterocycles. The van der Waals surface area contributed by atoms with E-state index >= 15 is 0 Å². The highest BCUT2D eigenvalue weighted by molar-refractivity contribution is 7.98. The summed E-state index contributed by atoms with van der Waals surface area (Å²) in [4.78, 5) is 36.2. The third kappa shape index (κ3) is 5.44. The van der Waals surface area contributed by atoms with Crippen molar-refractivity contribution in [3.63, 3.8) is 0 Å². The monoisotopic (exact) mass is 524 g/mol. The van der Waals surface area contributed by atoms with Gasteiger partial charge >= 0.3 is 5.97 Å². The van der Waals surface area contributed by atoms with E-state index in [1.54, 1.807) is 20.8 Å². The molecule has 1 unspecified atom stereocenters. The number of esters is 1. The lowest BCUT2D eigenvalue weighted by Gasteiger charge is -2.29. The van der Waals surface area contributed by atoms with Crippen LogP contribution in [0.2, 0.25) is 5.02 Å². The van der Waals surface area contributed by atoms with Crippen molar-refractivity contribution >= 4 is 40.8 Å². The Hall–Kier alpha value is -3.23. The summed E-state index contributed by atoms with van der Waals surface area (Å²) in [7, 11) is 3.92. The van der Waals surface area contributed by atoms with E-state index in [1.165, 1.54) is 11.8 Å². The van der Waals surface area contributed by atoms with Gasteiger partial charge in [-0.15, -0.1) is 0 Å². The molecule has 3 aromatic rings. The maximum Gasteiger partial charge on any atom is 0.337 e. The van der Waals surface area contributed by atoms with E-state index in [1.807, 2.05) is 67.5 Å². The van der Waals surface area contributed by atoms with Gasteiger partial charge in [0.1, 0.15) is 5.82 Å². The summed E-state index contributed by atoms with van der Waals surface area (Å²) >= 11 is 7.67. The molecule has 7 nitrogen and oxygen atoms in total. The predicted molar refractivity (Wildman–Crippen MR) is 146 cm³/mol. The number of ether oxygens (including phenoxy) is 1. The number of fused-ring (bicyclic) bond motifs is 1. The number of aromatic nitrogens is 2. The standard InChI is InChI=1S/C27H29ClN4O3S/c1-15(2)35-26(34)21-16(3)29-24-23(22(21)17-10-12-19(13-11-17)32(4)5)25(33)31-27(30-24)36-14-18-8-6-7-9-20(18)28/h6-13,15,22H,14H2,1-5H3,(H2,29,30,31,33). The number of carbonyl (C=O) groups is 1. The van der Waals surface area contributed by atoms with Crippen LogP contribution >= 0.6 is 23.4 Å². The Morgan fingerprint density at radius 2 is 1.86 bits per heavy atom.